The van der Waals surface area contributed by atoms with Crippen molar-refractivity contribution in [3.05, 3.63) is 29.5 Å². The molecular formula is C15H17NO4S. The van der Waals surface area contributed by atoms with Crippen LogP contribution in [0.15, 0.2) is 28.2 Å². The van der Waals surface area contributed by atoms with Gasteiger partial charge in [-0.1, -0.05) is 0 Å². The zero-order valence-corrected chi connectivity index (χ0v) is 12.6. The van der Waals surface area contributed by atoms with Crippen LogP contribution in [0.5, 0.6) is 0 Å². The fourth-order valence-corrected chi connectivity index (χ4v) is 3.27. The Hall–Kier alpha value is -1.66. The van der Waals surface area contributed by atoms with Crippen molar-refractivity contribution in [3.8, 4) is 10.8 Å². The molecule has 0 aliphatic heterocycles. The molecule has 0 spiro atoms. The molecule has 2 atom stereocenters. The van der Waals surface area contributed by atoms with Gasteiger partial charge in [-0.25, -0.2) is 9.78 Å². The molecule has 2 aromatic heterocycles. The first kappa shape index (κ1) is 14.3. The maximum atomic E-state index is 12.1. The van der Waals surface area contributed by atoms with Gasteiger partial charge in [0.25, 0.3) is 0 Å². The zero-order chi connectivity index (χ0) is 14.7. The Kier molecular flexibility index (Phi) is 4.36. The molecule has 1 aliphatic carbocycles. The van der Waals surface area contributed by atoms with E-state index in [1.54, 1.807) is 24.8 Å². The van der Waals surface area contributed by atoms with Crippen LogP contribution in [0.3, 0.4) is 0 Å². The van der Waals surface area contributed by atoms with Crippen LogP contribution < -0.4 is 0 Å². The molecule has 1 fully saturated rings. The molecule has 0 amide bonds. The van der Waals surface area contributed by atoms with Gasteiger partial charge in [-0.05, 0) is 31.4 Å². The number of nitrogens with zero attached hydrogens (tertiary/aromatic N) is 1. The van der Waals surface area contributed by atoms with Crippen molar-refractivity contribution in [1.29, 1.82) is 0 Å². The van der Waals surface area contributed by atoms with Crippen molar-refractivity contribution in [2.24, 2.45) is 0 Å². The van der Waals surface area contributed by atoms with Crippen molar-refractivity contribution in [1.82, 2.24) is 4.98 Å². The average molecular weight is 307 g/mol. The Bertz CT molecular complexity index is 593. The zero-order valence-electron chi connectivity index (χ0n) is 11.8. The maximum Gasteiger partial charge on any atom is 0.358 e. The van der Waals surface area contributed by atoms with Gasteiger partial charge in [0.2, 0.25) is 0 Å². The van der Waals surface area contributed by atoms with E-state index < -0.39 is 0 Å². The second-order valence-electron chi connectivity index (χ2n) is 5.07. The van der Waals surface area contributed by atoms with Gasteiger partial charge in [0.1, 0.15) is 6.10 Å². The minimum atomic E-state index is -0.370. The molecule has 2 aromatic rings. The standard InChI is InChI=1S/C15H17NO4S/c1-18-10-4-2-5-11(8-10)20-15(17)12-9-21-14(16-12)13-6-3-7-19-13/h3,6-7,9-11H,2,4-5,8H2,1H3. The molecular weight excluding hydrogens is 290 g/mol. The lowest BCUT2D eigenvalue weighted by Gasteiger charge is -2.27. The van der Waals surface area contributed by atoms with Gasteiger partial charge < -0.3 is 13.9 Å². The predicted octanol–water partition coefficient (Wildman–Crippen LogP) is 3.52. The van der Waals surface area contributed by atoms with Crippen LogP contribution in [-0.4, -0.2) is 30.3 Å². The van der Waals surface area contributed by atoms with E-state index in [9.17, 15) is 4.79 Å². The second kappa shape index (κ2) is 6.41. The quantitative estimate of drug-likeness (QED) is 0.809. The number of carbonyl (C=O) groups excluding carboxylic acids is 1. The lowest BCUT2D eigenvalue weighted by atomic mass is 9.95. The van der Waals surface area contributed by atoms with Crippen LogP contribution in [-0.2, 0) is 9.47 Å². The summed E-state index contributed by atoms with van der Waals surface area (Å²) in [5.41, 5.74) is 0.339. The van der Waals surface area contributed by atoms with Crippen molar-refractivity contribution < 1.29 is 18.7 Å². The molecule has 112 valence electrons. The SMILES string of the molecule is COC1CCCC(OC(=O)c2csc(-c3ccco3)n2)C1. The van der Waals surface area contributed by atoms with Gasteiger partial charge in [-0.3, -0.25) is 0 Å². The van der Waals surface area contributed by atoms with E-state index in [2.05, 4.69) is 4.98 Å². The highest BCUT2D eigenvalue weighted by molar-refractivity contribution is 7.13. The van der Waals surface area contributed by atoms with E-state index in [1.807, 2.05) is 6.07 Å². The number of furan rings is 1. The summed E-state index contributed by atoms with van der Waals surface area (Å²) in [7, 11) is 1.70. The van der Waals surface area contributed by atoms with Gasteiger partial charge in [-0.15, -0.1) is 11.3 Å². The van der Waals surface area contributed by atoms with E-state index >= 15 is 0 Å². The summed E-state index contributed by atoms with van der Waals surface area (Å²) in [4.78, 5) is 16.4. The lowest BCUT2D eigenvalue weighted by Crippen LogP contribution is -2.29. The molecule has 0 saturated heterocycles. The van der Waals surface area contributed by atoms with E-state index in [0.717, 1.165) is 25.7 Å². The fourth-order valence-electron chi connectivity index (χ4n) is 2.52. The van der Waals surface area contributed by atoms with Crippen molar-refractivity contribution >= 4 is 17.3 Å². The number of aromatic nitrogens is 1. The Balaban J connectivity index is 1.63. The van der Waals surface area contributed by atoms with E-state index in [-0.39, 0.29) is 18.2 Å². The molecule has 1 aliphatic rings. The topological polar surface area (TPSA) is 61.6 Å². The highest BCUT2D eigenvalue weighted by Crippen LogP contribution is 2.26. The second-order valence-corrected chi connectivity index (χ2v) is 5.92. The number of thiazole rings is 1. The molecule has 2 heterocycles. The largest absolute Gasteiger partial charge is 0.462 e. The minimum absolute atomic E-state index is 0.0787. The molecule has 1 saturated carbocycles. The number of hydrogen-bond acceptors (Lipinski definition) is 6. The average Bonchev–Trinajstić information content (AvgIpc) is 3.18. The van der Waals surface area contributed by atoms with Crippen LogP contribution in [0.25, 0.3) is 10.8 Å². The Labute approximate surface area is 126 Å². The van der Waals surface area contributed by atoms with Crippen LogP contribution in [0.4, 0.5) is 0 Å². The number of methoxy groups -OCH3 is 1. The molecule has 5 nitrogen and oxygen atoms in total. The molecule has 0 radical (unpaired) electrons. The van der Waals surface area contributed by atoms with Crippen molar-refractivity contribution in [3.63, 3.8) is 0 Å². The number of hydrogen-bond donors (Lipinski definition) is 0. The molecule has 6 heteroatoms. The third kappa shape index (κ3) is 3.33. The van der Waals surface area contributed by atoms with Gasteiger partial charge in [-0.2, -0.15) is 0 Å². The van der Waals surface area contributed by atoms with Crippen LogP contribution in [0.2, 0.25) is 0 Å². The van der Waals surface area contributed by atoms with E-state index in [0.29, 0.717) is 16.5 Å². The van der Waals surface area contributed by atoms with E-state index in [4.69, 9.17) is 13.9 Å². The maximum absolute atomic E-state index is 12.1. The first-order chi connectivity index (χ1) is 10.3. The highest BCUT2D eigenvalue weighted by atomic mass is 32.1. The first-order valence-electron chi connectivity index (χ1n) is 6.99. The van der Waals surface area contributed by atoms with Crippen LogP contribution >= 0.6 is 11.3 Å². The summed E-state index contributed by atoms with van der Waals surface area (Å²) in [5, 5.41) is 2.39. The highest BCUT2D eigenvalue weighted by Gasteiger charge is 2.26. The third-order valence-electron chi connectivity index (χ3n) is 3.63. The molecule has 21 heavy (non-hydrogen) atoms. The molecule has 0 bridgehead atoms. The van der Waals surface area contributed by atoms with Gasteiger partial charge in [0.05, 0.1) is 12.4 Å². The normalized spacial score (nSPS) is 22.1. The number of esters is 1. The number of rotatable bonds is 4. The molecule has 0 N–H and O–H groups in total. The Morgan fingerprint density at radius 1 is 1.43 bits per heavy atom. The first-order valence-corrected chi connectivity index (χ1v) is 7.87. The fraction of sp³-hybridized carbons (Fsp3) is 0.467. The van der Waals surface area contributed by atoms with Gasteiger partial charge >= 0.3 is 5.97 Å². The summed E-state index contributed by atoms with van der Waals surface area (Å²) in [6.45, 7) is 0. The summed E-state index contributed by atoms with van der Waals surface area (Å²) in [6, 6.07) is 3.61. The molecule has 0 aromatic carbocycles. The Morgan fingerprint density at radius 3 is 3.05 bits per heavy atom. The number of ether oxygens (including phenoxy) is 2. The summed E-state index contributed by atoms with van der Waals surface area (Å²) in [6.07, 6.45) is 5.39. The Morgan fingerprint density at radius 2 is 2.29 bits per heavy atom. The van der Waals surface area contributed by atoms with Crippen molar-refractivity contribution in [2.75, 3.05) is 7.11 Å². The summed E-state index contributed by atoms with van der Waals surface area (Å²) < 4.78 is 16.1. The monoisotopic (exact) mass is 307 g/mol. The van der Waals surface area contributed by atoms with Crippen LogP contribution in [0, 0.1) is 0 Å². The van der Waals surface area contributed by atoms with Gasteiger partial charge in [0, 0.05) is 18.9 Å². The lowest BCUT2D eigenvalue weighted by molar-refractivity contribution is -0.0152. The number of carbonyl (C=O) groups is 1. The smallest absolute Gasteiger partial charge is 0.358 e. The van der Waals surface area contributed by atoms with Crippen LogP contribution in [0.1, 0.15) is 36.2 Å². The predicted molar refractivity (Wildman–Crippen MR) is 78.3 cm³/mol. The molecule has 2 unspecified atom stereocenters. The third-order valence-corrected chi connectivity index (χ3v) is 4.49. The minimum Gasteiger partial charge on any atom is -0.462 e. The van der Waals surface area contributed by atoms with Gasteiger partial charge in [0.15, 0.2) is 16.5 Å². The van der Waals surface area contributed by atoms with E-state index in [1.165, 1.54) is 11.3 Å². The summed E-state index contributed by atoms with van der Waals surface area (Å²) in [5.74, 6) is 0.293. The molecule has 3 rings (SSSR count). The summed E-state index contributed by atoms with van der Waals surface area (Å²) >= 11 is 1.37. The van der Waals surface area contributed by atoms with Crippen molar-refractivity contribution in [2.45, 2.75) is 37.9 Å².